The van der Waals surface area contributed by atoms with Gasteiger partial charge in [0.15, 0.2) is 0 Å². The van der Waals surface area contributed by atoms with E-state index in [2.05, 4.69) is 57.1 Å². The average molecular weight is 363 g/mol. The quantitative estimate of drug-likeness (QED) is 0.709. The first-order valence-corrected chi connectivity index (χ1v) is 8.69. The number of nitrogens with zero attached hydrogens (tertiary/aromatic N) is 1. The molecule has 0 unspecified atom stereocenters. The highest BCUT2D eigenvalue weighted by atomic mass is 79.9. The number of thiophene rings is 1. The number of halogens is 1. The third-order valence-corrected chi connectivity index (χ3v) is 4.85. The Kier molecular flexibility index (Phi) is 3.95. The highest BCUT2D eigenvalue weighted by molar-refractivity contribution is 9.09. The third-order valence-electron chi connectivity index (χ3n) is 3.46. The maximum Gasteiger partial charge on any atom is 0.260 e. The fraction of sp³-hybridized carbons (Fsp3) is 0.250. The number of rotatable bonds is 3. The zero-order valence-electron chi connectivity index (χ0n) is 11.9. The molecule has 0 amide bonds. The van der Waals surface area contributed by atoms with Crippen molar-refractivity contribution in [2.45, 2.75) is 20.3 Å². The smallest absolute Gasteiger partial charge is 0.260 e. The predicted octanol–water partition coefficient (Wildman–Crippen LogP) is 4.21. The number of aryl methyl sites for hydroxylation is 3. The normalized spacial score (nSPS) is 11.2. The van der Waals surface area contributed by atoms with E-state index in [0.29, 0.717) is 5.39 Å². The van der Waals surface area contributed by atoms with E-state index < -0.39 is 0 Å². The molecule has 1 aromatic carbocycles. The van der Waals surface area contributed by atoms with Gasteiger partial charge in [0, 0.05) is 22.2 Å². The molecule has 0 aliphatic heterocycles. The molecule has 0 bridgehead atoms. The van der Waals surface area contributed by atoms with E-state index in [-0.39, 0.29) is 5.56 Å². The van der Waals surface area contributed by atoms with E-state index in [1.165, 1.54) is 5.56 Å². The maximum absolute atomic E-state index is 12.4. The first-order valence-electron chi connectivity index (χ1n) is 6.75. The summed E-state index contributed by atoms with van der Waals surface area (Å²) in [4.78, 5) is 21.9. The molecular formula is C16H15BrN2OS. The molecular weight excluding hydrogens is 348 g/mol. The lowest BCUT2D eigenvalue weighted by Crippen LogP contribution is -2.11. The van der Waals surface area contributed by atoms with Crippen LogP contribution in [0.5, 0.6) is 0 Å². The van der Waals surface area contributed by atoms with Crippen LogP contribution >= 0.6 is 27.3 Å². The van der Waals surface area contributed by atoms with Gasteiger partial charge in [0.1, 0.15) is 10.7 Å². The number of hydrogen-bond donors (Lipinski definition) is 1. The second-order valence-corrected chi connectivity index (χ2v) is 7.03. The number of H-pyrrole nitrogens is 1. The van der Waals surface area contributed by atoms with Crippen LogP contribution in [0, 0.1) is 13.8 Å². The van der Waals surface area contributed by atoms with Crippen LogP contribution < -0.4 is 5.56 Å². The summed E-state index contributed by atoms with van der Waals surface area (Å²) >= 11 is 4.96. The summed E-state index contributed by atoms with van der Waals surface area (Å²) in [5.41, 5.74) is 3.25. The molecule has 2 heterocycles. The number of benzene rings is 1. The van der Waals surface area contributed by atoms with E-state index in [1.807, 2.05) is 6.92 Å². The highest BCUT2D eigenvalue weighted by Gasteiger charge is 2.16. The molecule has 1 N–H and O–H groups in total. The summed E-state index contributed by atoms with van der Waals surface area (Å²) < 4.78 is 0. The molecule has 5 heteroatoms. The van der Waals surface area contributed by atoms with Crippen molar-refractivity contribution in [2.24, 2.45) is 0 Å². The van der Waals surface area contributed by atoms with Crippen LogP contribution in [0.25, 0.3) is 21.3 Å². The lowest BCUT2D eigenvalue weighted by atomic mass is 10.0. The zero-order chi connectivity index (χ0) is 15.0. The first-order chi connectivity index (χ1) is 10.1. The van der Waals surface area contributed by atoms with Crippen LogP contribution in [0.2, 0.25) is 0 Å². The van der Waals surface area contributed by atoms with Crippen molar-refractivity contribution < 1.29 is 0 Å². The number of alkyl halides is 1. The number of aromatic amines is 1. The number of hydrogen-bond acceptors (Lipinski definition) is 3. The van der Waals surface area contributed by atoms with Gasteiger partial charge in [0.05, 0.1) is 5.39 Å². The van der Waals surface area contributed by atoms with Crippen LogP contribution in [-0.4, -0.2) is 15.3 Å². The Morgan fingerprint density at radius 3 is 2.62 bits per heavy atom. The molecule has 21 heavy (non-hydrogen) atoms. The molecule has 0 fully saturated rings. The van der Waals surface area contributed by atoms with Crippen LogP contribution in [0.3, 0.4) is 0 Å². The van der Waals surface area contributed by atoms with E-state index in [0.717, 1.165) is 38.4 Å². The summed E-state index contributed by atoms with van der Waals surface area (Å²) in [7, 11) is 0. The standard InChI is InChI=1S/C16H15BrN2OS/c1-9-3-5-11(6-4-9)13-10(2)21-16-14(13)15(20)18-12(19-16)7-8-17/h3-6H,7-8H2,1-2H3,(H,18,19,20). The second kappa shape index (κ2) is 5.73. The van der Waals surface area contributed by atoms with Crippen molar-refractivity contribution in [1.29, 1.82) is 0 Å². The molecule has 0 saturated heterocycles. The lowest BCUT2D eigenvalue weighted by Gasteiger charge is -2.03. The maximum atomic E-state index is 12.4. The van der Waals surface area contributed by atoms with Crippen molar-refractivity contribution in [2.75, 3.05) is 5.33 Å². The molecule has 0 saturated carbocycles. The van der Waals surface area contributed by atoms with Crippen LogP contribution in [0.15, 0.2) is 29.1 Å². The van der Waals surface area contributed by atoms with E-state index >= 15 is 0 Å². The summed E-state index contributed by atoms with van der Waals surface area (Å²) in [5.74, 6) is 0.737. The summed E-state index contributed by atoms with van der Waals surface area (Å²) in [6.07, 6.45) is 0.724. The van der Waals surface area contributed by atoms with Crippen LogP contribution in [-0.2, 0) is 6.42 Å². The Morgan fingerprint density at radius 2 is 1.95 bits per heavy atom. The Labute approximate surface area is 135 Å². The fourth-order valence-corrected chi connectivity index (χ4v) is 3.88. The summed E-state index contributed by atoms with van der Waals surface area (Å²) in [5, 5.41) is 1.50. The van der Waals surface area contributed by atoms with Crippen molar-refractivity contribution in [3.05, 3.63) is 50.9 Å². The molecule has 3 nitrogen and oxygen atoms in total. The minimum Gasteiger partial charge on any atom is -0.310 e. The van der Waals surface area contributed by atoms with Gasteiger partial charge in [-0.2, -0.15) is 0 Å². The number of aromatic nitrogens is 2. The number of nitrogens with one attached hydrogen (secondary N) is 1. The van der Waals surface area contributed by atoms with E-state index in [9.17, 15) is 4.79 Å². The lowest BCUT2D eigenvalue weighted by molar-refractivity contribution is 0.960. The van der Waals surface area contributed by atoms with Gasteiger partial charge >= 0.3 is 0 Å². The van der Waals surface area contributed by atoms with Gasteiger partial charge < -0.3 is 4.98 Å². The number of fused-ring (bicyclic) bond motifs is 1. The minimum absolute atomic E-state index is 0.0455. The molecule has 2 aromatic heterocycles. The molecule has 0 aliphatic rings. The highest BCUT2D eigenvalue weighted by Crippen LogP contribution is 2.35. The molecule has 3 aromatic rings. The second-order valence-electron chi connectivity index (χ2n) is 5.03. The third kappa shape index (κ3) is 2.68. The van der Waals surface area contributed by atoms with Gasteiger partial charge in [0.2, 0.25) is 0 Å². The van der Waals surface area contributed by atoms with Crippen LogP contribution in [0.4, 0.5) is 0 Å². The van der Waals surface area contributed by atoms with Gasteiger partial charge in [-0.1, -0.05) is 45.8 Å². The Morgan fingerprint density at radius 1 is 1.24 bits per heavy atom. The van der Waals surface area contributed by atoms with Gasteiger partial charge in [0.25, 0.3) is 5.56 Å². The van der Waals surface area contributed by atoms with Gasteiger partial charge in [-0.3, -0.25) is 4.79 Å². The molecule has 3 rings (SSSR count). The first kappa shape index (κ1) is 14.5. The van der Waals surface area contributed by atoms with Crippen molar-refractivity contribution in [3.63, 3.8) is 0 Å². The molecule has 0 spiro atoms. The molecule has 0 atom stereocenters. The monoisotopic (exact) mass is 362 g/mol. The summed E-state index contributed by atoms with van der Waals surface area (Å²) in [6.45, 7) is 4.11. The van der Waals surface area contributed by atoms with Crippen molar-refractivity contribution in [1.82, 2.24) is 9.97 Å². The van der Waals surface area contributed by atoms with Crippen molar-refractivity contribution >= 4 is 37.5 Å². The van der Waals surface area contributed by atoms with Gasteiger partial charge in [-0.25, -0.2) is 4.98 Å². The molecule has 108 valence electrons. The molecule has 0 aliphatic carbocycles. The predicted molar refractivity (Wildman–Crippen MR) is 92.6 cm³/mol. The van der Waals surface area contributed by atoms with Crippen molar-refractivity contribution in [3.8, 4) is 11.1 Å². The fourth-order valence-electron chi connectivity index (χ4n) is 2.44. The average Bonchev–Trinajstić information content (AvgIpc) is 2.77. The Balaban J connectivity index is 2.26. The zero-order valence-corrected chi connectivity index (χ0v) is 14.3. The topological polar surface area (TPSA) is 45.8 Å². The summed E-state index contributed by atoms with van der Waals surface area (Å²) in [6, 6.07) is 8.27. The van der Waals surface area contributed by atoms with E-state index in [1.54, 1.807) is 11.3 Å². The van der Waals surface area contributed by atoms with Gasteiger partial charge in [-0.05, 0) is 19.4 Å². The van der Waals surface area contributed by atoms with E-state index in [4.69, 9.17) is 0 Å². The largest absolute Gasteiger partial charge is 0.310 e. The Hall–Kier alpha value is -1.46. The SMILES string of the molecule is Cc1ccc(-c2c(C)sc3nc(CCBr)[nH]c(=O)c23)cc1. The van der Waals surface area contributed by atoms with Gasteiger partial charge in [-0.15, -0.1) is 11.3 Å². The molecule has 0 radical (unpaired) electrons. The van der Waals surface area contributed by atoms with Crippen LogP contribution in [0.1, 0.15) is 16.3 Å². The minimum atomic E-state index is -0.0455. The Bertz CT molecular complexity index is 849.